The topological polar surface area (TPSA) is 64.6 Å². The van der Waals surface area contributed by atoms with Crippen molar-refractivity contribution in [3.8, 4) is 11.5 Å². The number of aryl methyl sites for hydroxylation is 1. The molecule has 0 fully saturated rings. The van der Waals surface area contributed by atoms with Gasteiger partial charge in [0.15, 0.2) is 11.5 Å². The maximum atomic E-state index is 12.6. The first kappa shape index (κ1) is 17.1. The molecule has 0 saturated heterocycles. The van der Waals surface area contributed by atoms with Gasteiger partial charge in [-0.3, -0.25) is 0 Å². The molecule has 26 heavy (non-hydrogen) atoms. The number of fused-ring (bicyclic) bond motifs is 2. The van der Waals surface area contributed by atoms with Gasteiger partial charge in [-0.1, -0.05) is 30.3 Å². The Morgan fingerprint density at radius 3 is 2.65 bits per heavy atom. The van der Waals surface area contributed by atoms with Gasteiger partial charge in [0.05, 0.1) is 4.91 Å². The molecule has 0 spiro atoms. The molecule has 6 heteroatoms. The molecule has 136 valence electrons. The van der Waals surface area contributed by atoms with Crippen LogP contribution in [0.2, 0.25) is 0 Å². The van der Waals surface area contributed by atoms with E-state index < -0.39 is 10.0 Å². The normalized spacial score (nSPS) is 15.9. The van der Waals surface area contributed by atoms with Gasteiger partial charge in [-0.25, -0.2) is 13.1 Å². The third kappa shape index (κ3) is 3.61. The molecule has 0 bridgehead atoms. The Labute approximate surface area is 153 Å². The van der Waals surface area contributed by atoms with Crippen molar-refractivity contribution in [2.24, 2.45) is 0 Å². The molecule has 2 aromatic carbocycles. The Hall–Kier alpha value is -2.31. The third-order valence-electron chi connectivity index (χ3n) is 4.67. The molecular weight excluding hydrogens is 350 g/mol. The van der Waals surface area contributed by atoms with Crippen molar-refractivity contribution in [1.82, 2.24) is 4.72 Å². The van der Waals surface area contributed by atoms with Crippen molar-refractivity contribution in [3.63, 3.8) is 0 Å². The molecule has 0 amide bonds. The fourth-order valence-electron chi connectivity index (χ4n) is 3.28. The van der Waals surface area contributed by atoms with Crippen LogP contribution in [-0.2, 0) is 22.9 Å². The first-order valence-electron chi connectivity index (χ1n) is 8.78. The lowest BCUT2D eigenvalue weighted by Gasteiger charge is -2.19. The van der Waals surface area contributed by atoms with Gasteiger partial charge in [0.1, 0.15) is 13.2 Å². The van der Waals surface area contributed by atoms with E-state index >= 15 is 0 Å². The molecule has 5 nitrogen and oxygen atoms in total. The standard InChI is InChI=1S/C20H21NO4S/c22-26(23,18-7-6-16-3-1-2-4-17(16)14-18)21-10-9-15-5-8-19-20(13-15)25-12-11-24-19/h1-5,8,13-14,21H,6-7,9-12H2. The Morgan fingerprint density at radius 2 is 1.77 bits per heavy atom. The van der Waals surface area contributed by atoms with E-state index in [-0.39, 0.29) is 0 Å². The summed E-state index contributed by atoms with van der Waals surface area (Å²) in [6.45, 7) is 1.45. The fraction of sp³-hybridized carbons (Fsp3) is 0.300. The molecule has 1 aliphatic heterocycles. The van der Waals surface area contributed by atoms with Crippen LogP contribution in [-0.4, -0.2) is 28.2 Å². The van der Waals surface area contributed by atoms with Crippen molar-refractivity contribution in [1.29, 1.82) is 0 Å². The molecule has 1 heterocycles. The van der Waals surface area contributed by atoms with E-state index in [4.69, 9.17) is 9.47 Å². The molecule has 4 rings (SSSR count). The van der Waals surface area contributed by atoms with Crippen LogP contribution in [0.25, 0.3) is 6.08 Å². The summed E-state index contributed by atoms with van der Waals surface area (Å²) in [4.78, 5) is 0.457. The number of hydrogen-bond donors (Lipinski definition) is 1. The van der Waals surface area contributed by atoms with Crippen LogP contribution in [0.4, 0.5) is 0 Å². The highest BCUT2D eigenvalue weighted by Gasteiger charge is 2.21. The van der Waals surface area contributed by atoms with Crippen LogP contribution in [0.3, 0.4) is 0 Å². The lowest BCUT2D eigenvalue weighted by atomic mass is 9.98. The molecule has 0 saturated carbocycles. The zero-order valence-electron chi connectivity index (χ0n) is 14.4. The lowest BCUT2D eigenvalue weighted by molar-refractivity contribution is 0.171. The second-order valence-corrected chi connectivity index (χ2v) is 8.26. The minimum absolute atomic E-state index is 0.348. The van der Waals surface area contributed by atoms with E-state index in [1.54, 1.807) is 6.08 Å². The minimum Gasteiger partial charge on any atom is -0.486 e. The average molecular weight is 371 g/mol. The summed E-state index contributed by atoms with van der Waals surface area (Å²) in [5, 5.41) is 0. The summed E-state index contributed by atoms with van der Waals surface area (Å²) in [7, 11) is -3.46. The van der Waals surface area contributed by atoms with Gasteiger partial charge in [0, 0.05) is 6.54 Å². The zero-order chi connectivity index (χ0) is 18.0. The number of nitrogens with one attached hydrogen (secondary N) is 1. The summed E-state index contributed by atoms with van der Waals surface area (Å²) >= 11 is 0. The quantitative estimate of drug-likeness (QED) is 0.878. The summed E-state index contributed by atoms with van der Waals surface area (Å²) in [6.07, 6.45) is 3.67. The molecule has 1 N–H and O–H groups in total. The number of sulfonamides is 1. The van der Waals surface area contributed by atoms with Crippen molar-refractivity contribution in [2.75, 3.05) is 19.8 Å². The molecular formula is C20H21NO4S. The van der Waals surface area contributed by atoms with Crippen LogP contribution < -0.4 is 14.2 Å². The van der Waals surface area contributed by atoms with Crippen LogP contribution in [0.1, 0.15) is 23.1 Å². The Morgan fingerprint density at radius 1 is 0.962 bits per heavy atom. The SMILES string of the molecule is O=S(=O)(NCCc1ccc2c(c1)OCCO2)C1=Cc2ccccc2CC1. The first-order valence-corrected chi connectivity index (χ1v) is 10.3. The predicted molar refractivity (Wildman–Crippen MR) is 101 cm³/mol. The van der Waals surface area contributed by atoms with Crippen LogP contribution in [0.15, 0.2) is 47.4 Å². The second-order valence-electron chi connectivity index (χ2n) is 6.44. The van der Waals surface area contributed by atoms with Gasteiger partial charge in [0.25, 0.3) is 0 Å². The molecule has 1 aliphatic carbocycles. The fourth-order valence-corrected chi connectivity index (χ4v) is 4.49. The monoisotopic (exact) mass is 371 g/mol. The summed E-state index contributed by atoms with van der Waals surface area (Å²) in [5.41, 5.74) is 3.20. The number of benzene rings is 2. The maximum Gasteiger partial charge on any atom is 0.236 e. The molecule has 0 unspecified atom stereocenters. The second kappa shape index (κ2) is 7.13. The van der Waals surface area contributed by atoms with Crippen molar-refractivity contribution in [2.45, 2.75) is 19.3 Å². The van der Waals surface area contributed by atoms with Crippen LogP contribution >= 0.6 is 0 Å². The molecule has 0 atom stereocenters. The number of rotatable bonds is 5. The molecule has 2 aromatic rings. The van der Waals surface area contributed by atoms with Gasteiger partial charge in [-0.15, -0.1) is 0 Å². The number of hydrogen-bond acceptors (Lipinski definition) is 4. The van der Waals surface area contributed by atoms with Crippen LogP contribution in [0.5, 0.6) is 11.5 Å². The third-order valence-corrected chi connectivity index (χ3v) is 6.27. The van der Waals surface area contributed by atoms with Crippen LogP contribution in [0, 0.1) is 0 Å². The Bertz CT molecular complexity index is 950. The van der Waals surface area contributed by atoms with E-state index in [1.807, 2.05) is 42.5 Å². The smallest absolute Gasteiger partial charge is 0.236 e. The lowest BCUT2D eigenvalue weighted by Crippen LogP contribution is -2.28. The predicted octanol–water partition coefficient (Wildman–Crippen LogP) is 2.91. The highest BCUT2D eigenvalue weighted by molar-refractivity contribution is 7.93. The van der Waals surface area contributed by atoms with Crippen molar-refractivity contribution >= 4 is 16.1 Å². The van der Waals surface area contributed by atoms with Gasteiger partial charge in [-0.05, 0) is 54.2 Å². The van der Waals surface area contributed by atoms with E-state index in [9.17, 15) is 8.42 Å². The van der Waals surface area contributed by atoms with Gasteiger partial charge in [-0.2, -0.15) is 0 Å². The average Bonchev–Trinajstić information content (AvgIpc) is 2.67. The van der Waals surface area contributed by atoms with Gasteiger partial charge in [0.2, 0.25) is 10.0 Å². The van der Waals surface area contributed by atoms with Gasteiger partial charge >= 0.3 is 0 Å². The maximum absolute atomic E-state index is 12.6. The van der Waals surface area contributed by atoms with E-state index in [0.717, 1.165) is 29.0 Å². The van der Waals surface area contributed by atoms with Crippen molar-refractivity contribution < 1.29 is 17.9 Å². The van der Waals surface area contributed by atoms with Crippen molar-refractivity contribution in [3.05, 3.63) is 64.1 Å². The minimum atomic E-state index is -3.46. The molecule has 0 radical (unpaired) electrons. The van der Waals surface area contributed by atoms with E-state index in [2.05, 4.69) is 4.72 Å². The molecule has 0 aromatic heterocycles. The summed E-state index contributed by atoms with van der Waals surface area (Å²) in [5.74, 6) is 1.47. The summed E-state index contributed by atoms with van der Waals surface area (Å²) in [6, 6.07) is 13.7. The first-order chi connectivity index (χ1) is 12.6. The Kier molecular flexibility index (Phi) is 4.70. The highest BCUT2D eigenvalue weighted by Crippen LogP contribution is 2.31. The largest absolute Gasteiger partial charge is 0.486 e. The molecule has 2 aliphatic rings. The highest BCUT2D eigenvalue weighted by atomic mass is 32.2. The zero-order valence-corrected chi connectivity index (χ0v) is 15.2. The number of allylic oxidation sites excluding steroid dienone is 1. The number of ether oxygens (including phenoxy) is 2. The van der Waals surface area contributed by atoms with Gasteiger partial charge < -0.3 is 9.47 Å². The Balaban J connectivity index is 1.41. The van der Waals surface area contributed by atoms with E-state index in [0.29, 0.717) is 37.5 Å². The van der Waals surface area contributed by atoms with E-state index in [1.165, 1.54) is 5.56 Å². The summed E-state index contributed by atoms with van der Waals surface area (Å²) < 4.78 is 39.0.